The largest absolute Gasteiger partial charge is 0.126 e. The first-order chi connectivity index (χ1) is 5.72. The van der Waals surface area contributed by atoms with Crippen LogP contribution in [-0.4, -0.2) is 5.88 Å². The van der Waals surface area contributed by atoms with Crippen LogP contribution in [0.25, 0.3) is 0 Å². The van der Waals surface area contributed by atoms with Crippen LogP contribution in [0.2, 0.25) is 0 Å². The van der Waals surface area contributed by atoms with E-state index < -0.39 is 0 Å². The molecule has 0 N–H and O–H groups in total. The number of rotatable bonds is 3. The zero-order valence-electron chi connectivity index (χ0n) is 8.35. The Bertz CT molecular complexity index is 122. The highest BCUT2D eigenvalue weighted by molar-refractivity contribution is 6.18. The van der Waals surface area contributed by atoms with Gasteiger partial charge in [-0.1, -0.05) is 33.1 Å². The van der Waals surface area contributed by atoms with E-state index in [1.54, 1.807) is 0 Å². The molecule has 0 aromatic rings. The SMILES string of the molecule is CC(CCl)CC1CCCC(C)C1. The molecule has 1 heteroatoms. The van der Waals surface area contributed by atoms with Gasteiger partial charge in [0.05, 0.1) is 0 Å². The van der Waals surface area contributed by atoms with Gasteiger partial charge in [0.1, 0.15) is 0 Å². The number of alkyl halides is 1. The highest BCUT2D eigenvalue weighted by Gasteiger charge is 2.20. The fraction of sp³-hybridized carbons (Fsp3) is 1.00. The molecular formula is C11H21Cl. The van der Waals surface area contributed by atoms with E-state index in [9.17, 15) is 0 Å². The predicted octanol–water partition coefficient (Wildman–Crippen LogP) is 4.08. The maximum atomic E-state index is 5.81. The third-order valence-electron chi connectivity index (χ3n) is 3.04. The van der Waals surface area contributed by atoms with Crippen LogP contribution >= 0.6 is 11.6 Å². The molecule has 0 heterocycles. The zero-order valence-corrected chi connectivity index (χ0v) is 9.11. The summed E-state index contributed by atoms with van der Waals surface area (Å²) in [6, 6.07) is 0. The van der Waals surface area contributed by atoms with E-state index in [1.165, 1.54) is 32.1 Å². The Morgan fingerprint density at radius 3 is 2.75 bits per heavy atom. The molecule has 72 valence electrons. The van der Waals surface area contributed by atoms with Gasteiger partial charge >= 0.3 is 0 Å². The molecule has 1 rings (SSSR count). The van der Waals surface area contributed by atoms with E-state index in [2.05, 4.69) is 13.8 Å². The highest BCUT2D eigenvalue weighted by Crippen LogP contribution is 2.32. The first-order valence-corrected chi connectivity index (χ1v) is 5.81. The molecule has 0 bridgehead atoms. The van der Waals surface area contributed by atoms with Crippen molar-refractivity contribution in [2.45, 2.75) is 46.0 Å². The summed E-state index contributed by atoms with van der Waals surface area (Å²) in [6.07, 6.45) is 7.15. The Balaban J connectivity index is 2.22. The minimum absolute atomic E-state index is 0.724. The standard InChI is InChI=1S/C11H21Cl/c1-9-4-3-5-11(6-9)7-10(2)8-12/h9-11H,3-8H2,1-2H3. The molecule has 3 unspecified atom stereocenters. The number of halogens is 1. The molecule has 1 aliphatic rings. The van der Waals surface area contributed by atoms with E-state index in [4.69, 9.17) is 11.6 Å². The quantitative estimate of drug-likeness (QED) is 0.586. The second-order valence-corrected chi connectivity index (χ2v) is 4.94. The topological polar surface area (TPSA) is 0 Å². The van der Waals surface area contributed by atoms with Crippen molar-refractivity contribution >= 4 is 11.6 Å². The smallest absolute Gasteiger partial charge is 0.0249 e. The summed E-state index contributed by atoms with van der Waals surface area (Å²) in [7, 11) is 0. The summed E-state index contributed by atoms with van der Waals surface area (Å²) in [6.45, 7) is 4.66. The molecule has 0 spiro atoms. The van der Waals surface area contributed by atoms with Gasteiger partial charge in [-0.05, 0) is 30.6 Å². The van der Waals surface area contributed by atoms with E-state index in [0.717, 1.165) is 23.6 Å². The normalized spacial score (nSPS) is 33.2. The third-order valence-corrected chi connectivity index (χ3v) is 3.57. The molecule has 0 amide bonds. The van der Waals surface area contributed by atoms with Crippen LogP contribution in [0.5, 0.6) is 0 Å². The summed E-state index contributed by atoms with van der Waals surface area (Å²) < 4.78 is 0. The number of hydrogen-bond donors (Lipinski definition) is 0. The van der Waals surface area contributed by atoms with Gasteiger partial charge < -0.3 is 0 Å². The first-order valence-electron chi connectivity index (χ1n) is 5.28. The van der Waals surface area contributed by atoms with Crippen molar-refractivity contribution in [3.05, 3.63) is 0 Å². The lowest BCUT2D eigenvalue weighted by Crippen LogP contribution is -2.16. The summed E-state index contributed by atoms with van der Waals surface area (Å²) in [5, 5.41) is 0. The fourth-order valence-electron chi connectivity index (χ4n) is 2.41. The van der Waals surface area contributed by atoms with Crippen molar-refractivity contribution in [1.82, 2.24) is 0 Å². The van der Waals surface area contributed by atoms with Gasteiger partial charge in [0, 0.05) is 5.88 Å². The molecule has 1 aliphatic carbocycles. The van der Waals surface area contributed by atoms with E-state index in [0.29, 0.717) is 0 Å². The molecule has 12 heavy (non-hydrogen) atoms. The number of hydrogen-bond acceptors (Lipinski definition) is 0. The van der Waals surface area contributed by atoms with E-state index in [1.807, 2.05) is 0 Å². The lowest BCUT2D eigenvalue weighted by Gasteiger charge is -2.28. The van der Waals surface area contributed by atoms with Crippen molar-refractivity contribution in [2.75, 3.05) is 5.88 Å². The van der Waals surface area contributed by atoms with Crippen LogP contribution in [0.1, 0.15) is 46.0 Å². The van der Waals surface area contributed by atoms with Crippen LogP contribution in [0.4, 0.5) is 0 Å². The van der Waals surface area contributed by atoms with Crippen LogP contribution in [0.15, 0.2) is 0 Å². The zero-order chi connectivity index (χ0) is 8.97. The van der Waals surface area contributed by atoms with Crippen LogP contribution in [0.3, 0.4) is 0 Å². The molecule has 0 aromatic heterocycles. The molecule has 1 saturated carbocycles. The Hall–Kier alpha value is 0.290. The van der Waals surface area contributed by atoms with Crippen molar-refractivity contribution in [3.8, 4) is 0 Å². The fourth-order valence-corrected chi connectivity index (χ4v) is 2.53. The average molecular weight is 189 g/mol. The predicted molar refractivity (Wildman–Crippen MR) is 55.6 cm³/mol. The first kappa shape index (κ1) is 10.4. The van der Waals surface area contributed by atoms with E-state index >= 15 is 0 Å². The van der Waals surface area contributed by atoms with Gasteiger partial charge in [0.15, 0.2) is 0 Å². The molecule has 3 atom stereocenters. The second-order valence-electron chi connectivity index (χ2n) is 4.63. The lowest BCUT2D eigenvalue weighted by molar-refractivity contribution is 0.249. The molecule has 0 aromatic carbocycles. The molecule has 0 aliphatic heterocycles. The lowest BCUT2D eigenvalue weighted by atomic mass is 9.79. The summed E-state index contributed by atoms with van der Waals surface area (Å²) in [5.74, 6) is 3.50. The Labute approximate surface area is 81.7 Å². The molecule has 0 nitrogen and oxygen atoms in total. The maximum Gasteiger partial charge on any atom is 0.0249 e. The Morgan fingerprint density at radius 1 is 1.42 bits per heavy atom. The average Bonchev–Trinajstić information content (AvgIpc) is 2.04. The minimum atomic E-state index is 0.724. The van der Waals surface area contributed by atoms with Gasteiger partial charge in [0.25, 0.3) is 0 Å². The Kier molecular flexibility index (Phi) is 4.42. The van der Waals surface area contributed by atoms with Crippen molar-refractivity contribution in [2.24, 2.45) is 17.8 Å². The summed E-state index contributed by atoms with van der Waals surface area (Å²) >= 11 is 5.81. The summed E-state index contributed by atoms with van der Waals surface area (Å²) in [5.41, 5.74) is 0. The molecular weight excluding hydrogens is 168 g/mol. The minimum Gasteiger partial charge on any atom is -0.126 e. The maximum absolute atomic E-state index is 5.81. The van der Waals surface area contributed by atoms with Gasteiger partial charge in [-0.25, -0.2) is 0 Å². The molecule has 1 fully saturated rings. The Morgan fingerprint density at radius 2 is 2.17 bits per heavy atom. The highest BCUT2D eigenvalue weighted by atomic mass is 35.5. The van der Waals surface area contributed by atoms with Crippen LogP contribution in [-0.2, 0) is 0 Å². The monoisotopic (exact) mass is 188 g/mol. The van der Waals surface area contributed by atoms with Gasteiger partial charge in [0.2, 0.25) is 0 Å². The van der Waals surface area contributed by atoms with Gasteiger partial charge in [-0.15, -0.1) is 11.6 Å². The van der Waals surface area contributed by atoms with Gasteiger partial charge in [-0.2, -0.15) is 0 Å². The van der Waals surface area contributed by atoms with Crippen LogP contribution < -0.4 is 0 Å². The van der Waals surface area contributed by atoms with Crippen LogP contribution in [0, 0.1) is 17.8 Å². The van der Waals surface area contributed by atoms with Crippen molar-refractivity contribution < 1.29 is 0 Å². The van der Waals surface area contributed by atoms with Crippen molar-refractivity contribution in [3.63, 3.8) is 0 Å². The van der Waals surface area contributed by atoms with Gasteiger partial charge in [-0.3, -0.25) is 0 Å². The summed E-state index contributed by atoms with van der Waals surface area (Å²) in [4.78, 5) is 0. The van der Waals surface area contributed by atoms with Crippen molar-refractivity contribution in [1.29, 1.82) is 0 Å². The second kappa shape index (κ2) is 5.11. The molecule has 0 saturated heterocycles. The molecule has 0 radical (unpaired) electrons. The third kappa shape index (κ3) is 3.35. The van der Waals surface area contributed by atoms with E-state index in [-0.39, 0.29) is 0 Å².